The summed E-state index contributed by atoms with van der Waals surface area (Å²) in [5.74, 6) is -0.330. The molecule has 5 heteroatoms. The van der Waals surface area contributed by atoms with E-state index >= 15 is 0 Å². The van der Waals surface area contributed by atoms with Gasteiger partial charge in [0.05, 0.1) is 5.56 Å². The van der Waals surface area contributed by atoms with Gasteiger partial charge in [0.25, 0.3) is 0 Å². The van der Waals surface area contributed by atoms with Gasteiger partial charge in [-0.15, -0.1) is 0 Å². The number of hydrogen-bond donors (Lipinski definition) is 0. The monoisotopic (exact) mass is 279 g/mol. The van der Waals surface area contributed by atoms with E-state index in [2.05, 4.69) is 4.98 Å². The molecule has 0 N–H and O–H groups in total. The Morgan fingerprint density at radius 3 is 2.10 bits per heavy atom. The molecule has 2 rings (SSSR count). The zero-order valence-corrected chi connectivity index (χ0v) is 11.0. The van der Waals surface area contributed by atoms with E-state index in [0.717, 1.165) is 17.8 Å². The fourth-order valence-electron chi connectivity index (χ4n) is 1.89. The van der Waals surface area contributed by atoms with Gasteiger partial charge in [0.1, 0.15) is 0 Å². The molecule has 0 atom stereocenters. The Hall–Kier alpha value is -2.17. The van der Waals surface area contributed by atoms with E-state index in [0.29, 0.717) is 11.3 Å². The minimum atomic E-state index is -4.40. The number of aromatic nitrogens is 1. The molecule has 104 valence electrons. The zero-order chi connectivity index (χ0) is 14.9. The minimum absolute atomic E-state index is 0.215. The van der Waals surface area contributed by atoms with E-state index in [4.69, 9.17) is 0 Å². The van der Waals surface area contributed by atoms with Crippen LogP contribution in [0.5, 0.6) is 0 Å². The molecule has 0 aliphatic carbocycles. The average molecular weight is 279 g/mol. The van der Waals surface area contributed by atoms with Gasteiger partial charge in [-0.05, 0) is 38.1 Å². The summed E-state index contributed by atoms with van der Waals surface area (Å²) >= 11 is 0. The largest absolute Gasteiger partial charge is 0.416 e. The van der Waals surface area contributed by atoms with Gasteiger partial charge in [-0.2, -0.15) is 13.2 Å². The summed E-state index contributed by atoms with van der Waals surface area (Å²) in [5, 5.41) is 0. The van der Waals surface area contributed by atoms with Crippen molar-refractivity contribution in [1.29, 1.82) is 0 Å². The van der Waals surface area contributed by atoms with Crippen LogP contribution in [0.25, 0.3) is 0 Å². The number of nitrogens with zero attached hydrogens (tertiary/aromatic N) is 1. The van der Waals surface area contributed by atoms with Gasteiger partial charge < -0.3 is 0 Å². The van der Waals surface area contributed by atoms with Crippen molar-refractivity contribution in [2.45, 2.75) is 20.0 Å². The Morgan fingerprint density at radius 2 is 1.60 bits per heavy atom. The van der Waals surface area contributed by atoms with Gasteiger partial charge in [-0.1, -0.05) is 12.1 Å². The molecule has 20 heavy (non-hydrogen) atoms. The fraction of sp³-hybridized carbons (Fsp3) is 0.200. The lowest BCUT2D eigenvalue weighted by Gasteiger charge is -2.08. The molecule has 0 radical (unpaired) electrons. The first-order valence-electron chi connectivity index (χ1n) is 5.95. The van der Waals surface area contributed by atoms with Crippen molar-refractivity contribution in [1.82, 2.24) is 4.98 Å². The molecular formula is C15H12F3NO. The van der Waals surface area contributed by atoms with Crippen LogP contribution in [0.15, 0.2) is 36.4 Å². The van der Waals surface area contributed by atoms with Gasteiger partial charge in [0, 0.05) is 22.5 Å². The molecular weight excluding hydrogens is 267 g/mol. The van der Waals surface area contributed by atoms with Crippen molar-refractivity contribution in [3.05, 3.63) is 64.5 Å². The number of alkyl halides is 3. The van der Waals surface area contributed by atoms with Gasteiger partial charge in [0.15, 0.2) is 5.78 Å². The molecule has 0 fully saturated rings. The molecule has 1 aromatic carbocycles. The number of benzene rings is 1. The van der Waals surface area contributed by atoms with E-state index in [1.165, 1.54) is 12.1 Å². The summed E-state index contributed by atoms with van der Waals surface area (Å²) < 4.78 is 37.4. The van der Waals surface area contributed by atoms with Crippen LogP contribution in [-0.2, 0) is 6.18 Å². The summed E-state index contributed by atoms with van der Waals surface area (Å²) in [6.07, 6.45) is -4.40. The molecule has 1 aromatic heterocycles. The van der Waals surface area contributed by atoms with Crippen molar-refractivity contribution in [3.63, 3.8) is 0 Å². The second-order valence-electron chi connectivity index (χ2n) is 4.49. The normalized spacial score (nSPS) is 11.4. The topological polar surface area (TPSA) is 30.0 Å². The summed E-state index contributed by atoms with van der Waals surface area (Å²) in [4.78, 5) is 16.4. The average Bonchev–Trinajstić information content (AvgIpc) is 2.37. The maximum absolute atomic E-state index is 12.5. The molecule has 0 aliphatic rings. The van der Waals surface area contributed by atoms with Gasteiger partial charge in [-0.3, -0.25) is 9.78 Å². The number of pyridine rings is 1. The van der Waals surface area contributed by atoms with Crippen LogP contribution in [0.3, 0.4) is 0 Å². The highest BCUT2D eigenvalue weighted by Crippen LogP contribution is 2.29. The number of ketones is 1. The second-order valence-corrected chi connectivity index (χ2v) is 4.49. The number of carbonyl (C=O) groups is 1. The van der Waals surface area contributed by atoms with Crippen molar-refractivity contribution < 1.29 is 18.0 Å². The Morgan fingerprint density at radius 1 is 1.00 bits per heavy atom. The number of rotatable bonds is 2. The lowest BCUT2D eigenvalue weighted by molar-refractivity contribution is -0.137. The highest BCUT2D eigenvalue weighted by Gasteiger charge is 2.30. The van der Waals surface area contributed by atoms with Crippen LogP contribution in [0.2, 0.25) is 0 Å². The van der Waals surface area contributed by atoms with Crippen LogP contribution in [0.1, 0.15) is 32.9 Å². The summed E-state index contributed by atoms with van der Waals surface area (Å²) in [6.45, 7) is 3.50. The van der Waals surface area contributed by atoms with E-state index in [1.807, 2.05) is 0 Å². The molecule has 0 saturated carbocycles. The molecule has 0 aliphatic heterocycles. The first-order chi connectivity index (χ1) is 9.29. The van der Waals surface area contributed by atoms with E-state index in [1.54, 1.807) is 26.0 Å². The third kappa shape index (κ3) is 2.87. The summed E-state index contributed by atoms with van der Waals surface area (Å²) in [5.41, 5.74) is 1.19. The minimum Gasteiger partial charge on any atom is -0.289 e. The maximum Gasteiger partial charge on any atom is 0.416 e. The van der Waals surface area contributed by atoms with Crippen LogP contribution in [-0.4, -0.2) is 10.8 Å². The summed E-state index contributed by atoms with van der Waals surface area (Å²) in [7, 11) is 0. The molecule has 0 amide bonds. The zero-order valence-electron chi connectivity index (χ0n) is 11.0. The Balaban J connectivity index is 2.34. The quantitative estimate of drug-likeness (QED) is 0.779. The molecule has 0 saturated heterocycles. The van der Waals surface area contributed by atoms with E-state index in [-0.39, 0.29) is 11.3 Å². The van der Waals surface area contributed by atoms with Crippen molar-refractivity contribution in [3.8, 4) is 0 Å². The molecule has 0 bridgehead atoms. The van der Waals surface area contributed by atoms with Crippen LogP contribution >= 0.6 is 0 Å². The molecule has 0 spiro atoms. The van der Waals surface area contributed by atoms with Crippen LogP contribution < -0.4 is 0 Å². The molecule has 0 unspecified atom stereocenters. The summed E-state index contributed by atoms with van der Waals surface area (Å²) in [6, 6.07) is 7.52. The fourth-order valence-corrected chi connectivity index (χ4v) is 1.89. The van der Waals surface area contributed by atoms with Crippen LogP contribution in [0.4, 0.5) is 13.2 Å². The molecule has 2 nitrogen and oxygen atoms in total. The lowest BCUT2D eigenvalue weighted by Crippen LogP contribution is -2.08. The van der Waals surface area contributed by atoms with Crippen molar-refractivity contribution in [2.75, 3.05) is 0 Å². The third-order valence-corrected chi connectivity index (χ3v) is 2.94. The van der Waals surface area contributed by atoms with E-state index in [9.17, 15) is 18.0 Å². The Bertz CT molecular complexity index is 645. The molecule has 2 aromatic rings. The predicted molar refractivity (Wildman–Crippen MR) is 68.6 cm³/mol. The van der Waals surface area contributed by atoms with Gasteiger partial charge in [0.2, 0.25) is 0 Å². The lowest BCUT2D eigenvalue weighted by atomic mass is 10.0. The number of carbonyl (C=O) groups excluding carboxylic acids is 1. The Labute approximate surface area is 114 Å². The Kier molecular flexibility index (Phi) is 3.61. The number of aryl methyl sites for hydroxylation is 2. The smallest absolute Gasteiger partial charge is 0.289 e. The van der Waals surface area contributed by atoms with Crippen LogP contribution in [0, 0.1) is 13.8 Å². The third-order valence-electron chi connectivity index (χ3n) is 2.94. The SMILES string of the molecule is Cc1ccc(C(=O)c2ccc(C(F)(F)F)cc2)c(C)n1. The predicted octanol–water partition coefficient (Wildman–Crippen LogP) is 3.95. The standard InChI is InChI=1S/C15H12F3NO/c1-9-3-8-13(10(2)19-9)14(20)11-4-6-12(7-5-11)15(16,17)18/h3-8H,1-2H3. The van der Waals surface area contributed by atoms with Crippen molar-refractivity contribution in [2.24, 2.45) is 0 Å². The maximum atomic E-state index is 12.5. The first kappa shape index (κ1) is 14.2. The first-order valence-corrected chi connectivity index (χ1v) is 5.95. The van der Waals surface area contributed by atoms with Gasteiger partial charge >= 0.3 is 6.18 Å². The second kappa shape index (κ2) is 5.07. The van der Waals surface area contributed by atoms with Gasteiger partial charge in [-0.25, -0.2) is 0 Å². The number of halogens is 3. The molecule has 1 heterocycles. The highest BCUT2D eigenvalue weighted by molar-refractivity contribution is 6.09. The highest BCUT2D eigenvalue weighted by atomic mass is 19.4. The van der Waals surface area contributed by atoms with Crippen molar-refractivity contribution >= 4 is 5.78 Å². The number of hydrogen-bond acceptors (Lipinski definition) is 2. The van der Waals surface area contributed by atoms with E-state index < -0.39 is 11.7 Å².